The smallest absolute Gasteiger partial charge is 0.305 e. The van der Waals surface area contributed by atoms with Crippen molar-refractivity contribution in [2.24, 2.45) is 0 Å². The average Bonchev–Trinajstić information content (AvgIpc) is 2.76. The maximum Gasteiger partial charge on any atom is 0.305 e. The molecular weight excluding hydrogens is 455 g/mol. The number of hydrogen-bond donors (Lipinski definition) is 2. The molecule has 0 aromatic heterocycles. The summed E-state index contributed by atoms with van der Waals surface area (Å²) in [5, 5.41) is 9.04. The van der Waals surface area contributed by atoms with Gasteiger partial charge in [-0.1, -0.05) is 6.07 Å². The summed E-state index contributed by atoms with van der Waals surface area (Å²) in [7, 11) is -2.44. The van der Waals surface area contributed by atoms with Crippen molar-refractivity contribution in [2.75, 3.05) is 18.4 Å². The van der Waals surface area contributed by atoms with Gasteiger partial charge in [0, 0.05) is 12.7 Å². The number of fused-ring (bicyclic) bond motifs is 2. The summed E-state index contributed by atoms with van der Waals surface area (Å²) in [5.41, 5.74) is 0.296. The van der Waals surface area contributed by atoms with Crippen LogP contribution in [0, 0.1) is 5.82 Å². The minimum atomic E-state index is -4.07. The molecule has 0 radical (unpaired) electrons. The number of amides is 1. The summed E-state index contributed by atoms with van der Waals surface area (Å²) >= 11 is 0. The summed E-state index contributed by atoms with van der Waals surface area (Å²) in [6, 6.07) is 8.58. The third kappa shape index (κ3) is 4.93. The van der Waals surface area contributed by atoms with Crippen LogP contribution in [0.1, 0.15) is 29.6 Å². The molecule has 2 aliphatic rings. The number of carbonyl (C=O) groups is 2. The number of ether oxygens (including phenoxy) is 2. The van der Waals surface area contributed by atoms with Gasteiger partial charge in [-0.25, -0.2) is 12.8 Å². The quantitative estimate of drug-likeness (QED) is 0.677. The van der Waals surface area contributed by atoms with Crippen LogP contribution in [0.25, 0.3) is 0 Å². The number of carboxylic acid groups (broad SMARTS) is 1. The highest BCUT2D eigenvalue weighted by atomic mass is 32.2. The molecule has 1 amide bonds. The Morgan fingerprint density at radius 3 is 2.76 bits per heavy atom. The fraction of sp³-hybridized carbons (Fsp3) is 0.364. The molecule has 0 saturated carbocycles. The zero-order valence-corrected chi connectivity index (χ0v) is 18.5. The molecule has 9 nitrogen and oxygen atoms in total. The molecular formula is C22H23FN2O7S. The highest BCUT2D eigenvalue weighted by molar-refractivity contribution is 7.92. The Labute approximate surface area is 190 Å². The minimum absolute atomic E-state index is 0.111. The molecule has 1 saturated heterocycles. The summed E-state index contributed by atoms with van der Waals surface area (Å²) in [5.74, 6) is -1.76. The van der Waals surface area contributed by atoms with Crippen LogP contribution in [0.3, 0.4) is 0 Å². The lowest BCUT2D eigenvalue weighted by atomic mass is 9.95. The van der Waals surface area contributed by atoms with Gasteiger partial charge in [-0.2, -0.15) is 0 Å². The molecule has 2 N–H and O–H groups in total. The molecule has 33 heavy (non-hydrogen) atoms. The van der Waals surface area contributed by atoms with E-state index >= 15 is 0 Å². The molecule has 176 valence electrons. The van der Waals surface area contributed by atoms with Gasteiger partial charge < -0.3 is 19.5 Å². The summed E-state index contributed by atoms with van der Waals surface area (Å²) < 4.78 is 52.8. The van der Waals surface area contributed by atoms with Gasteiger partial charge in [0.05, 0.1) is 29.0 Å². The highest BCUT2D eigenvalue weighted by Crippen LogP contribution is 2.33. The Morgan fingerprint density at radius 1 is 1.24 bits per heavy atom. The van der Waals surface area contributed by atoms with Crippen molar-refractivity contribution in [2.45, 2.75) is 42.4 Å². The van der Waals surface area contributed by atoms with E-state index in [-0.39, 0.29) is 46.9 Å². The molecule has 4 rings (SSSR count). The standard InChI is InChI=1S/C22H23FN2O7S/c1-25-18-7-6-15(11-21(26)27)32-20(18)12-31-19-8-5-14(10-17(19)22(25)28)24-33(29,30)16-4-2-3-13(23)9-16/h2-5,8-10,15,18,20,24H,6-7,11-12H2,1H3,(H,26,27)/t15-,18+,20-/m0/s1. The topological polar surface area (TPSA) is 122 Å². The van der Waals surface area contributed by atoms with Crippen LogP contribution in [0.4, 0.5) is 10.1 Å². The highest BCUT2D eigenvalue weighted by Gasteiger charge is 2.39. The molecule has 2 aromatic carbocycles. The molecule has 11 heteroatoms. The SMILES string of the molecule is CN1C(=O)c2cc(NS(=O)(=O)c3cccc(F)c3)ccc2OC[C@@H]2O[C@H](CC(=O)O)CC[C@H]21. The average molecular weight is 478 g/mol. The second-order valence-electron chi connectivity index (χ2n) is 8.04. The first-order chi connectivity index (χ1) is 15.6. The third-order valence-electron chi connectivity index (χ3n) is 5.77. The lowest BCUT2D eigenvalue weighted by molar-refractivity contribution is -0.148. The zero-order valence-electron chi connectivity index (χ0n) is 17.7. The van der Waals surface area contributed by atoms with Crippen molar-refractivity contribution in [3.63, 3.8) is 0 Å². The fourth-order valence-electron chi connectivity index (χ4n) is 4.13. The van der Waals surface area contributed by atoms with Crippen molar-refractivity contribution >= 4 is 27.6 Å². The second-order valence-corrected chi connectivity index (χ2v) is 9.72. The van der Waals surface area contributed by atoms with Crippen LogP contribution in [-0.4, -0.2) is 62.2 Å². The van der Waals surface area contributed by atoms with E-state index in [1.54, 1.807) is 7.05 Å². The van der Waals surface area contributed by atoms with Gasteiger partial charge in [0.25, 0.3) is 15.9 Å². The number of nitrogens with one attached hydrogen (secondary N) is 1. The van der Waals surface area contributed by atoms with E-state index in [0.29, 0.717) is 12.8 Å². The predicted molar refractivity (Wildman–Crippen MR) is 115 cm³/mol. The van der Waals surface area contributed by atoms with Crippen LogP contribution in [0.5, 0.6) is 5.75 Å². The number of sulfonamides is 1. The van der Waals surface area contributed by atoms with Gasteiger partial charge in [0.1, 0.15) is 24.3 Å². The number of nitrogens with zero attached hydrogens (tertiary/aromatic N) is 1. The number of carboxylic acids is 1. The third-order valence-corrected chi connectivity index (χ3v) is 7.15. The number of hydrogen-bond acceptors (Lipinski definition) is 6. The van der Waals surface area contributed by atoms with Crippen LogP contribution >= 0.6 is 0 Å². The Hall–Kier alpha value is -3.18. The molecule has 2 aliphatic heterocycles. The van der Waals surface area contributed by atoms with E-state index in [1.165, 1.54) is 35.2 Å². The van der Waals surface area contributed by atoms with Crippen molar-refractivity contribution in [3.05, 3.63) is 53.8 Å². The van der Waals surface area contributed by atoms with E-state index in [4.69, 9.17) is 14.6 Å². The van der Waals surface area contributed by atoms with Gasteiger partial charge >= 0.3 is 5.97 Å². The number of benzene rings is 2. The minimum Gasteiger partial charge on any atom is -0.490 e. The van der Waals surface area contributed by atoms with E-state index in [1.807, 2.05) is 0 Å². The Bertz CT molecular complexity index is 1190. The molecule has 0 unspecified atom stereocenters. The van der Waals surface area contributed by atoms with Crippen LogP contribution < -0.4 is 9.46 Å². The maximum atomic E-state index is 13.5. The monoisotopic (exact) mass is 478 g/mol. The maximum absolute atomic E-state index is 13.5. The Kier molecular flexibility index (Phi) is 6.26. The van der Waals surface area contributed by atoms with Crippen LogP contribution in [-0.2, 0) is 19.6 Å². The molecule has 2 aromatic rings. The first-order valence-electron chi connectivity index (χ1n) is 10.3. The number of aliphatic carboxylic acids is 1. The predicted octanol–water partition coefficient (Wildman–Crippen LogP) is 2.48. The van der Waals surface area contributed by atoms with Gasteiger partial charge in [0.15, 0.2) is 0 Å². The van der Waals surface area contributed by atoms with Gasteiger partial charge in [-0.15, -0.1) is 0 Å². The first kappa shape index (κ1) is 23.0. The normalized spacial score (nSPS) is 22.9. The second kappa shape index (κ2) is 8.99. The Balaban J connectivity index is 1.58. The number of rotatable bonds is 5. The number of carbonyl (C=O) groups excluding carboxylic acids is 1. The number of anilines is 1. The van der Waals surface area contributed by atoms with Gasteiger partial charge in [-0.3, -0.25) is 14.3 Å². The molecule has 2 heterocycles. The van der Waals surface area contributed by atoms with Crippen molar-refractivity contribution in [1.29, 1.82) is 0 Å². The van der Waals surface area contributed by atoms with E-state index in [9.17, 15) is 22.4 Å². The van der Waals surface area contributed by atoms with E-state index in [2.05, 4.69) is 4.72 Å². The number of halogens is 1. The molecule has 3 atom stereocenters. The number of likely N-dealkylation sites (N-methyl/N-ethyl adjacent to an activating group) is 1. The van der Waals surface area contributed by atoms with E-state index < -0.39 is 34.0 Å². The molecule has 1 fully saturated rings. The van der Waals surface area contributed by atoms with Gasteiger partial charge in [0.2, 0.25) is 0 Å². The Morgan fingerprint density at radius 2 is 2.03 bits per heavy atom. The summed E-state index contributed by atoms with van der Waals surface area (Å²) in [4.78, 5) is 25.5. The largest absolute Gasteiger partial charge is 0.490 e. The lowest BCUT2D eigenvalue weighted by Crippen LogP contribution is -2.53. The first-order valence-corrected chi connectivity index (χ1v) is 11.8. The van der Waals surface area contributed by atoms with Crippen LogP contribution in [0.15, 0.2) is 47.4 Å². The van der Waals surface area contributed by atoms with Crippen molar-refractivity contribution in [3.8, 4) is 5.75 Å². The summed E-state index contributed by atoms with van der Waals surface area (Å²) in [6.45, 7) is 0.111. The van der Waals surface area contributed by atoms with E-state index in [0.717, 1.165) is 12.1 Å². The fourth-order valence-corrected chi connectivity index (χ4v) is 5.21. The molecule has 0 spiro atoms. The molecule has 0 bridgehead atoms. The van der Waals surface area contributed by atoms with Gasteiger partial charge in [-0.05, 0) is 49.2 Å². The van der Waals surface area contributed by atoms with Crippen molar-refractivity contribution < 1.29 is 37.0 Å². The van der Waals surface area contributed by atoms with Crippen LogP contribution in [0.2, 0.25) is 0 Å². The molecule has 0 aliphatic carbocycles. The summed E-state index contributed by atoms with van der Waals surface area (Å²) in [6.07, 6.45) is -0.0154. The van der Waals surface area contributed by atoms with Crippen molar-refractivity contribution in [1.82, 2.24) is 4.90 Å². The zero-order chi connectivity index (χ0) is 23.8. The lowest BCUT2D eigenvalue weighted by Gasteiger charge is -2.42.